The van der Waals surface area contributed by atoms with E-state index in [0.717, 1.165) is 17.1 Å². The van der Waals surface area contributed by atoms with Gasteiger partial charge in [0.05, 0.1) is 24.1 Å². The first kappa shape index (κ1) is 16.9. The third-order valence-electron chi connectivity index (χ3n) is 4.15. The third-order valence-corrected chi connectivity index (χ3v) is 5.20. The van der Waals surface area contributed by atoms with Gasteiger partial charge in [-0.2, -0.15) is 0 Å². The Balaban J connectivity index is 1.65. The van der Waals surface area contributed by atoms with Crippen molar-refractivity contribution >= 4 is 22.7 Å². The number of ether oxygens (including phenoxy) is 3. The van der Waals surface area contributed by atoms with Crippen LogP contribution in [-0.2, 0) is 17.0 Å². The van der Waals surface area contributed by atoms with Crippen molar-refractivity contribution in [1.82, 2.24) is 9.55 Å². The van der Waals surface area contributed by atoms with E-state index in [2.05, 4.69) is 0 Å². The first-order chi connectivity index (χ1) is 12.8. The summed E-state index contributed by atoms with van der Waals surface area (Å²) < 4.78 is 17.6. The molecule has 0 bridgehead atoms. The molecule has 0 saturated heterocycles. The molecular weight excluding hydrogens is 352 g/mol. The molecule has 2 aromatic carbocycles. The molecule has 3 aromatic rings. The average Bonchev–Trinajstić information content (AvgIpc) is 3.14. The van der Waals surface area contributed by atoms with E-state index in [1.807, 2.05) is 36.4 Å². The zero-order chi connectivity index (χ0) is 17.9. The minimum Gasteiger partial charge on any atom is -0.454 e. The van der Waals surface area contributed by atoms with Crippen molar-refractivity contribution in [3.05, 3.63) is 58.4 Å². The molecule has 0 saturated carbocycles. The Morgan fingerprint density at radius 1 is 1.19 bits per heavy atom. The van der Waals surface area contributed by atoms with Crippen LogP contribution in [0.15, 0.2) is 52.4 Å². The maximum absolute atomic E-state index is 12.8. The number of fused-ring (bicyclic) bond motifs is 2. The number of methoxy groups -OCH3 is 1. The van der Waals surface area contributed by atoms with Crippen molar-refractivity contribution in [2.45, 2.75) is 17.5 Å². The Morgan fingerprint density at radius 2 is 2.04 bits per heavy atom. The van der Waals surface area contributed by atoms with Crippen LogP contribution in [-0.4, -0.2) is 30.1 Å². The van der Waals surface area contributed by atoms with E-state index >= 15 is 0 Å². The molecule has 6 nitrogen and oxygen atoms in total. The minimum absolute atomic E-state index is 0.0409. The van der Waals surface area contributed by atoms with Gasteiger partial charge in [-0.15, -0.1) is 0 Å². The van der Waals surface area contributed by atoms with Crippen LogP contribution in [0.25, 0.3) is 10.9 Å². The van der Waals surface area contributed by atoms with E-state index in [1.165, 1.54) is 11.8 Å². The molecule has 7 heteroatoms. The predicted octanol–water partition coefficient (Wildman–Crippen LogP) is 3.06. The van der Waals surface area contributed by atoms with Gasteiger partial charge in [-0.25, -0.2) is 4.98 Å². The highest BCUT2D eigenvalue weighted by Crippen LogP contribution is 2.34. The molecule has 4 rings (SSSR count). The zero-order valence-corrected chi connectivity index (χ0v) is 15.1. The zero-order valence-electron chi connectivity index (χ0n) is 14.3. The highest BCUT2D eigenvalue weighted by atomic mass is 32.2. The fourth-order valence-corrected chi connectivity index (χ4v) is 3.78. The quantitative estimate of drug-likeness (QED) is 0.491. The lowest BCUT2D eigenvalue weighted by Crippen LogP contribution is -2.25. The van der Waals surface area contributed by atoms with E-state index in [4.69, 9.17) is 19.2 Å². The molecule has 0 atom stereocenters. The second-order valence-corrected chi connectivity index (χ2v) is 6.78. The Labute approximate surface area is 154 Å². The van der Waals surface area contributed by atoms with E-state index in [1.54, 1.807) is 17.7 Å². The highest BCUT2D eigenvalue weighted by Gasteiger charge is 2.15. The summed E-state index contributed by atoms with van der Waals surface area (Å²) in [5, 5.41) is 1.31. The molecule has 2 heterocycles. The average molecular weight is 370 g/mol. The maximum atomic E-state index is 12.8. The monoisotopic (exact) mass is 370 g/mol. The molecule has 0 N–H and O–H groups in total. The summed E-state index contributed by atoms with van der Waals surface area (Å²) in [6, 6.07) is 13.3. The fraction of sp³-hybridized carbons (Fsp3) is 0.263. The molecule has 0 fully saturated rings. The summed E-state index contributed by atoms with van der Waals surface area (Å²) in [4.78, 5) is 17.5. The second-order valence-electron chi connectivity index (χ2n) is 5.84. The van der Waals surface area contributed by atoms with Gasteiger partial charge < -0.3 is 14.2 Å². The van der Waals surface area contributed by atoms with Crippen LogP contribution in [0.5, 0.6) is 11.5 Å². The maximum Gasteiger partial charge on any atom is 0.262 e. The van der Waals surface area contributed by atoms with Crippen LogP contribution in [0.3, 0.4) is 0 Å². The number of para-hydroxylation sites is 1. The van der Waals surface area contributed by atoms with Crippen LogP contribution < -0.4 is 15.0 Å². The van der Waals surface area contributed by atoms with Gasteiger partial charge in [0.25, 0.3) is 5.56 Å². The normalized spacial score (nSPS) is 12.7. The van der Waals surface area contributed by atoms with Crippen LogP contribution in [0, 0.1) is 0 Å². The number of nitrogens with zero attached hydrogens (tertiary/aromatic N) is 2. The van der Waals surface area contributed by atoms with Gasteiger partial charge >= 0.3 is 0 Å². The molecule has 0 unspecified atom stereocenters. The molecule has 1 aliphatic heterocycles. The highest BCUT2D eigenvalue weighted by molar-refractivity contribution is 7.98. The lowest BCUT2D eigenvalue weighted by atomic mass is 10.2. The summed E-state index contributed by atoms with van der Waals surface area (Å²) >= 11 is 1.52. The molecule has 26 heavy (non-hydrogen) atoms. The van der Waals surface area contributed by atoms with Crippen LogP contribution >= 0.6 is 11.8 Å². The molecule has 0 radical (unpaired) electrons. The topological polar surface area (TPSA) is 62.6 Å². The van der Waals surface area contributed by atoms with Gasteiger partial charge in [-0.05, 0) is 29.8 Å². The summed E-state index contributed by atoms with van der Waals surface area (Å²) in [5.41, 5.74) is 1.75. The molecule has 1 aliphatic rings. The first-order valence-electron chi connectivity index (χ1n) is 8.26. The van der Waals surface area contributed by atoms with Crippen molar-refractivity contribution in [3.63, 3.8) is 0 Å². The summed E-state index contributed by atoms with van der Waals surface area (Å²) in [6.45, 7) is 1.18. The van der Waals surface area contributed by atoms with Crippen molar-refractivity contribution in [1.29, 1.82) is 0 Å². The molecule has 1 aromatic heterocycles. The largest absolute Gasteiger partial charge is 0.454 e. The Hall–Kier alpha value is -2.51. The Morgan fingerprint density at radius 3 is 2.92 bits per heavy atom. The molecule has 0 aliphatic carbocycles. The number of rotatable bonds is 6. The van der Waals surface area contributed by atoms with Gasteiger partial charge in [-0.1, -0.05) is 30.0 Å². The SMILES string of the molecule is COCCn1c(SCc2ccc3c(c2)OCO3)nc2ccccc2c1=O. The minimum atomic E-state index is -0.0409. The first-order valence-corrected chi connectivity index (χ1v) is 9.24. The van der Waals surface area contributed by atoms with Gasteiger partial charge in [0.2, 0.25) is 6.79 Å². The lowest BCUT2D eigenvalue weighted by Gasteiger charge is -2.13. The molecule has 0 spiro atoms. The van der Waals surface area contributed by atoms with E-state index in [0.29, 0.717) is 35.0 Å². The van der Waals surface area contributed by atoms with Crippen LogP contribution in [0.2, 0.25) is 0 Å². The van der Waals surface area contributed by atoms with Crippen LogP contribution in [0.1, 0.15) is 5.56 Å². The number of hydrogen-bond acceptors (Lipinski definition) is 6. The lowest BCUT2D eigenvalue weighted by molar-refractivity contribution is 0.174. The summed E-state index contributed by atoms with van der Waals surface area (Å²) in [6.07, 6.45) is 0. The molecule has 134 valence electrons. The fourth-order valence-electron chi connectivity index (χ4n) is 2.82. The number of aromatic nitrogens is 2. The smallest absolute Gasteiger partial charge is 0.262 e. The van der Waals surface area contributed by atoms with Gasteiger partial charge in [-0.3, -0.25) is 9.36 Å². The number of thioether (sulfide) groups is 1. The number of benzene rings is 2. The van der Waals surface area contributed by atoms with Crippen molar-refractivity contribution in [2.24, 2.45) is 0 Å². The molecular formula is C19H18N2O4S. The van der Waals surface area contributed by atoms with E-state index in [-0.39, 0.29) is 12.4 Å². The Bertz CT molecular complexity index is 1000. The van der Waals surface area contributed by atoms with Crippen molar-refractivity contribution in [3.8, 4) is 11.5 Å². The summed E-state index contributed by atoms with van der Waals surface area (Å²) in [7, 11) is 1.62. The third kappa shape index (κ3) is 3.27. The van der Waals surface area contributed by atoms with Crippen LogP contribution in [0.4, 0.5) is 0 Å². The molecule has 0 amide bonds. The second kappa shape index (κ2) is 7.39. The van der Waals surface area contributed by atoms with Gasteiger partial charge in [0, 0.05) is 12.9 Å². The van der Waals surface area contributed by atoms with Gasteiger partial charge in [0.15, 0.2) is 16.7 Å². The predicted molar refractivity (Wildman–Crippen MR) is 100 cm³/mol. The van der Waals surface area contributed by atoms with Crippen molar-refractivity contribution in [2.75, 3.05) is 20.5 Å². The van der Waals surface area contributed by atoms with E-state index < -0.39 is 0 Å². The van der Waals surface area contributed by atoms with Crippen molar-refractivity contribution < 1.29 is 14.2 Å². The van der Waals surface area contributed by atoms with E-state index in [9.17, 15) is 4.79 Å². The summed E-state index contributed by atoms with van der Waals surface area (Å²) in [5.74, 6) is 2.19. The number of hydrogen-bond donors (Lipinski definition) is 0. The Kier molecular flexibility index (Phi) is 4.81. The standard InChI is InChI=1S/C19H18N2O4S/c1-23-9-8-21-18(22)14-4-2-3-5-15(14)20-19(21)26-11-13-6-7-16-17(10-13)25-12-24-16/h2-7,10H,8-9,11-12H2,1H3. The van der Waals surface area contributed by atoms with Gasteiger partial charge in [0.1, 0.15) is 0 Å².